The first kappa shape index (κ1) is 16.3. The molecule has 0 fully saturated rings. The Morgan fingerprint density at radius 3 is 2.20 bits per heavy atom. The summed E-state index contributed by atoms with van der Waals surface area (Å²) >= 11 is 0. The third kappa shape index (κ3) is 3.63. The maximum atomic E-state index is 12.8. The molecule has 0 aromatic heterocycles. The van der Waals surface area contributed by atoms with Gasteiger partial charge in [-0.2, -0.15) is 0 Å². The van der Waals surface area contributed by atoms with Gasteiger partial charge in [0.05, 0.1) is 14.2 Å². The van der Waals surface area contributed by atoms with Crippen LogP contribution in [0.2, 0.25) is 0 Å². The number of benzene rings is 1. The fourth-order valence-electron chi connectivity index (χ4n) is 2.06. The maximum Gasteiger partial charge on any atom is 0.261 e. The van der Waals surface area contributed by atoms with Crippen LogP contribution in [-0.2, 0) is 0 Å². The van der Waals surface area contributed by atoms with E-state index in [0.717, 1.165) is 6.42 Å². The van der Waals surface area contributed by atoms with Gasteiger partial charge in [0.25, 0.3) is 5.91 Å². The summed E-state index contributed by atoms with van der Waals surface area (Å²) in [5.74, 6) is 0.947. The molecule has 5 heteroatoms. The van der Waals surface area contributed by atoms with E-state index in [1.165, 1.54) is 0 Å². The lowest BCUT2D eigenvalue weighted by atomic mass is 10.1. The highest BCUT2D eigenvalue weighted by Gasteiger charge is 2.25. The minimum atomic E-state index is -0.0947. The Hall–Kier alpha value is -1.75. The first-order valence-corrected chi connectivity index (χ1v) is 6.78. The number of hydrogen-bond donors (Lipinski definition) is 1. The van der Waals surface area contributed by atoms with Crippen LogP contribution >= 0.6 is 0 Å². The fourth-order valence-corrected chi connectivity index (χ4v) is 2.06. The van der Waals surface area contributed by atoms with Crippen molar-refractivity contribution in [2.45, 2.75) is 26.3 Å². The monoisotopic (exact) mass is 280 g/mol. The molecule has 1 aromatic rings. The number of nitrogens with two attached hydrogens (primary N) is 1. The van der Waals surface area contributed by atoms with Crippen molar-refractivity contribution < 1.29 is 14.3 Å². The standard InChI is InChI=1S/C15H24N2O3/c1-11(2)17(10-6-9-16)15(18)14-12(19-3)7-5-8-13(14)20-4/h5,7-8,11H,6,9-10,16H2,1-4H3. The smallest absolute Gasteiger partial charge is 0.261 e. The molecular weight excluding hydrogens is 256 g/mol. The van der Waals surface area contributed by atoms with E-state index in [9.17, 15) is 4.79 Å². The Labute approximate surface area is 120 Å². The molecule has 0 atom stereocenters. The van der Waals surface area contributed by atoms with Crippen LogP contribution in [0.15, 0.2) is 18.2 Å². The number of methoxy groups -OCH3 is 2. The van der Waals surface area contributed by atoms with Gasteiger partial charge < -0.3 is 20.1 Å². The van der Waals surface area contributed by atoms with Gasteiger partial charge in [-0.1, -0.05) is 6.07 Å². The van der Waals surface area contributed by atoms with E-state index in [4.69, 9.17) is 15.2 Å². The molecule has 112 valence electrons. The molecule has 2 N–H and O–H groups in total. The summed E-state index contributed by atoms with van der Waals surface area (Å²) in [6, 6.07) is 5.41. The van der Waals surface area contributed by atoms with Crippen LogP contribution in [0.1, 0.15) is 30.6 Å². The second kappa shape index (κ2) is 7.75. The van der Waals surface area contributed by atoms with Crippen molar-refractivity contribution >= 4 is 5.91 Å². The minimum absolute atomic E-state index is 0.0867. The minimum Gasteiger partial charge on any atom is -0.496 e. The normalized spacial score (nSPS) is 10.5. The lowest BCUT2D eigenvalue weighted by Gasteiger charge is -2.28. The summed E-state index contributed by atoms with van der Waals surface area (Å²) in [7, 11) is 3.09. The van der Waals surface area contributed by atoms with E-state index in [2.05, 4.69) is 0 Å². The van der Waals surface area contributed by atoms with Crippen LogP contribution in [0.4, 0.5) is 0 Å². The molecule has 20 heavy (non-hydrogen) atoms. The molecule has 1 aromatic carbocycles. The van der Waals surface area contributed by atoms with Crippen LogP contribution < -0.4 is 15.2 Å². The van der Waals surface area contributed by atoms with E-state index in [-0.39, 0.29) is 11.9 Å². The Balaban J connectivity index is 3.16. The van der Waals surface area contributed by atoms with Crippen molar-refractivity contribution in [1.82, 2.24) is 4.90 Å². The summed E-state index contributed by atoms with van der Waals surface area (Å²) in [5, 5.41) is 0. The summed E-state index contributed by atoms with van der Waals surface area (Å²) < 4.78 is 10.6. The zero-order valence-electron chi connectivity index (χ0n) is 12.7. The molecule has 0 unspecified atom stereocenters. The number of nitrogens with zero attached hydrogens (tertiary/aromatic N) is 1. The molecule has 1 rings (SSSR count). The highest BCUT2D eigenvalue weighted by Crippen LogP contribution is 2.30. The summed E-state index contributed by atoms with van der Waals surface area (Å²) in [5.41, 5.74) is 6.00. The maximum absolute atomic E-state index is 12.8. The second-order valence-electron chi connectivity index (χ2n) is 4.77. The van der Waals surface area contributed by atoms with Gasteiger partial charge in [0.2, 0.25) is 0 Å². The molecule has 0 spiro atoms. The van der Waals surface area contributed by atoms with Gasteiger partial charge in [0.1, 0.15) is 17.1 Å². The fraction of sp³-hybridized carbons (Fsp3) is 0.533. The Morgan fingerprint density at radius 2 is 1.80 bits per heavy atom. The van der Waals surface area contributed by atoms with Crippen molar-refractivity contribution in [2.24, 2.45) is 5.73 Å². The molecule has 5 nitrogen and oxygen atoms in total. The van der Waals surface area contributed by atoms with E-state index < -0.39 is 0 Å². The number of amides is 1. The molecular formula is C15H24N2O3. The van der Waals surface area contributed by atoms with Crippen molar-refractivity contribution in [3.63, 3.8) is 0 Å². The van der Waals surface area contributed by atoms with Crippen molar-refractivity contribution in [1.29, 1.82) is 0 Å². The van der Waals surface area contributed by atoms with Gasteiger partial charge in [0.15, 0.2) is 0 Å². The number of carbonyl (C=O) groups is 1. The Kier molecular flexibility index (Phi) is 6.31. The summed E-state index contributed by atoms with van der Waals surface area (Å²) in [6.45, 7) is 5.14. The van der Waals surface area contributed by atoms with Crippen molar-refractivity contribution in [3.05, 3.63) is 23.8 Å². The van der Waals surface area contributed by atoms with E-state index >= 15 is 0 Å². The van der Waals surface area contributed by atoms with E-state index in [1.807, 2.05) is 13.8 Å². The average molecular weight is 280 g/mol. The molecule has 0 radical (unpaired) electrons. The molecule has 0 aliphatic rings. The Morgan fingerprint density at radius 1 is 1.25 bits per heavy atom. The highest BCUT2D eigenvalue weighted by atomic mass is 16.5. The van der Waals surface area contributed by atoms with Gasteiger partial charge in [0, 0.05) is 12.6 Å². The SMILES string of the molecule is COc1cccc(OC)c1C(=O)N(CCCN)C(C)C. The third-order valence-corrected chi connectivity index (χ3v) is 3.13. The first-order valence-electron chi connectivity index (χ1n) is 6.78. The quantitative estimate of drug-likeness (QED) is 0.828. The average Bonchev–Trinajstić information content (AvgIpc) is 2.45. The van der Waals surface area contributed by atoms with Gasteiger partial charge >= 0.3 is 0 Å². The summed E-state index contributed by atoms with van der Waals surface area (Å²) in [6.07, 6.45) is 0.765. The summed E-state index contributed by atoms with van der Waals surface area (Å²) in [4.78, 5) is 14.6. The highest BCUT2D eigenvalue weighted by molar-refractivity contribution is 5.99. The molecule has 0 aliphatic heterocycles. The first-order chi connectivity index (χ1) is 9.56. The van der Waals surface area contributed by atoms with Crippen molar-refractivity contribution in [3.8, 4) is 11.5 Å². The van der Waals surface area contributed by atoms with Crippen LogP contribution in [0.5, 0.6) is 11.5 Å². The van der Waals surface area contributed by atoms with Gasteiger partial charge in [-0.05, 0) is 38.9 Å². The number of hydrogen-bond acceptors (Lipinski definition) is 4. The molecule has 0 bridgehead atoms. The van der Waals surface area contributed by atoms with Gasteiger partial charge in [-0.3, -0.25) is 4.79 Å². The van der Waals surface area contributed by atoms with E-state index in [0.29, 0.717) is 30.2 Å². The number of ether oxygens (including phenoxy) is 2. The molecule has 1 amide bonds. The van der Waals surface area contributed by atoms with Gasteiger partial charge in [-0.15, -0.1) is 0 Å². The van der Waals surface area contributed by atoms with Gasteiger partial charge in [-0.25, -0.2) is 0 Å². The third-order valence-electron chi connectivity index (χ3n) is 3.13. The molecule has 0 saturated heterocycles. The predicted molar refractivity (Wildman–Crippen MR) is 79.4 cm³/mol. The second-order valence-corrected chi connectivity index (χ2v) is 4.77. The zero-order valence-corrected chi connectivity index (χ0v) is 12.7. The lowest BCUT2D eigenvalue weighted by molar-refractivity contribution is 0.0698. The van der Waals surface area contributed by atoms with Crippen LogP contribution in [0.3, 0.4) is 0 Å². The topological polar surface area (TPSA) is 64.8 Å². The molecule has 0 heterocycles. The lowest BCUT2D eigenvalue weighted by Crippen LogP contribution is -2.38. The Bertz CT molecular complexity index is 424. The van der Waals surface area contributed by atoms with Crippen LogP contribution in [-0.4, -0.2) is 44.2 Å². The van der Waals surface area contributed by atoms with Crippen LogP contribution in [0.25, 0.3) is 0 Å². The van der Waals surface area contributed by atoms with Crippen LogP contribution in [0, 0.1) is 0 Å². The number of rotatable bonds is 7. The van der Waals surface area contributed by atoms with Crippen molar-refractivity contribution in [2.75, 3.05) is 27.3 Å². The zero-order chi connectivity index (χ0) is 15.1. The van der Waals surface area contributed by atoms with E-state index in [1.54, 1.807) is 37.3 Å². The largest absolute Gasteiger partial charge is 0.496 e. The number of carbonyl (C=O) groups excluding carboxylic acids is 1. The molecule has 0 saturated carbocycles. The molecule has 0 aliphatic carbocycles. The predicted octanol–water partition coefficient (Wildman–Crippen LogP) is 1.90.